The molecule has 1 heterocycles. The molecule has 0 fully saturated rings. The van der Waals surface area contributed by atoms with E-state index >= 15 is 0 Å². The summed E-state index contributed by atoms with van der Waals surface area (Å²) in [7, 11) is 0. The zero-order valence-corrected chi connectivity index (χ0v) is 13.1. The minimum absolute atomic E-state index is 0.0491. The van der Waals surface area contributed by atoms with Gasteiger partial charge in [0.05, 0.1) is 5.92 Å². The van der Waals surface area contributed by atoms with Crippen LogP contribution >= 0.6 is 0 Å². The first-order valence-corrected chi connectivity index (χ1v) is 7.16. The van der Waals surface area contributed by atoms with Gasteiger partial charge in [-0.1, -0.05) is 20.8 Å². The number of carbonyl (C=O) groups excluding carboxylic acids is 1. The number of amides is 1. The highest BCUT2D eigenvalue weighted by atomic mass is 16.3. The van der Waals surface area contributed by atoms with Crippen molar-refractivity contribution in [1.82, 2.24) is 4.98 Å². The number of hydrogen-bond acceptors (Lipinski definition) is 4. The average Bonchev–Trinajstić information content (AvgIpc) is 2.74. The summed E-state index contributed by atoms with van der Waals surface area (Å²) in [6.45, 7) is 8.45. The van der Waals surface area contributed by atoms with Gasteiger partial charge >= 0.3 is 0 Å². The summed E-state index contributed by atoms with van der Waals surface area (Å²) in [6.07, 6.45) is 0.751. The molecule has 5 heteroatoms. The number of anilines is 1. The number of benzene rings is 1. The molecule has 0 aliphatic rings. The van der Waals surface area contributed by atoms with E-state index in [1.807, 2.05) is 18.2 Å². The number of nitrogens with two attached hydrogens (primary N) is 1. The molecule has 114 valence electrons. The van der Waals surface area contributed by atoms with Gasteiger partial charge in [-0.2, -0.15) is 0 Å². The lowest BCUT2D eigenvalue weighted by molar-refractivity contribution is -0.120. The van der Waals surface area contributed by atoms with Gasteiger partial charge in [0.25, 0.3) is 0 Å². The van der Waals surface area contributed by atoms with Gasteiger partial charge < -0.3 is 15.5 Å². The van der Waals surface area contributed by atoms with Crippen LogP contribution < -0.4 is 11.1 Å². The van der Waals surface area contributed by atoms with E-state index in [1.165, 1.54) is 0 Å². The number of nitrogens with zero attached hydrogens (tertiary/aromatic N) is 1. The van der Waals surface area contributed by atoms with Crippen LogP contribution in [0.15, 0.2) is 22.6 Å². The fourth-order valence-corrected chi connectivity index (χ4v) is 2.39. The molecule has 2 rings (SSSR count). The summed E-state index contributed by atoms with van der Waals surface area (Å²) in [5.74, 6) is 0.368. The third-order valence-electron chi connectivity index (χ3n) is 3.28. The Morgan fingerprint density at radius 3 is 2.76 bits per heavy atom. The van der Waals surface area contributed by atoms with Crippen molar-refractivity contribution in [2.75, 3.05) is 11.9 Å². The number of carbonyl (C=O) groups is 1. The van der Waals surface area contributed by atoms with Gasteiger partial charge in [-0.3, -0.25) is 4.79 Å². The van der Waals surface area contributed by atoms with E-state index in [0.29, 0.717) is 18.1 Å². The minimum atomic E-state index is -0.195. The maximum Gasteiger partial charge on any atom is 0.228 e. The Morgan fingerprint density at radius 2 is 2.14 bits per heavy atom. The Hall–Kier alpha value is -1.88. The van der Waals surface area contributed by atoms with Crippen LogP contribution in [0.25, 0.3) is 11.1 Å². The Morgan fingerprint density at radius 1 is 1.43 bits per heavy atom. The number of hydrogen-bond donors (Lipinski definition) is 2. The molecule has 0 aliphatic carbocycles. The molecule has 5 nitrogen and oxygen atoms in total. The van der Waals surface area contributed by atoms with Gasteiger partial charge in [0, 0.05) is 19.2 Å². The van der Waals surface area contributed by atoms with E-state index in [0.717, 1.165) is 17.5 Å². The van der Waals surface area contributed by atoms with E-state index < -0.39 is 0 Å². The summed E-state index contributed by atoms with van der Waals surface area (Å²) in [5.41, 5.74) is 7.98. The highest BCUT2D eigenvalue weighted by Crippen LogP contribution is 2.25. The van der Waals surface area contributed by atoms with Gasteiger partial charge in [0.15, 0.2) is 11.5 Å². The molecule has 1 aromatic carbocycles. The van der Waals surface area contributed by atoms with Crippen LogP contribution in [0.4, 0.5) is 5.69 Å². The predicted octanol–water partition coefficient (Wildman–Crippen LogP) is 3.09. The molecule has 0 saturated carbocycles. The number of nitrogens with one attached hydrogen (secondary N) is 1. The van der Waals surface area contributed by atoms with E-state index in [4.69, 9.17) is 10.2 Å². The first-order valence-electron chi connectivity index (χ1n) is 7.16. The van der Waals surface area contributed by atoms with Crippen molar-refractivity contribution in [2.45, 2.75) is 34.1 Å². The second-order valence-electron chi connectivity index (χ2n) is 6.60. The molecule has 1 unspecified atom stereocenters. The van der Waals surface area contributed by atoms with Crippen molar-refractivity contribution >= 4 is 22.7 Å². The zero-order valence-electron chi connectivity index (χ0n) is 13.1. The van der Waals surface area contributed by atoms with Crippen molar-refractivity contribution in [3.05, 3.63) is 24.1 Å². The van der Waals surface area contributed by atoms with E-state index in [-0.39, 0.29) is 17.2 Å². The van der Waals surface area contributed by atoms with Crippen LogP contribution in [-0.2, 0) is 4.79 Å². The molecule has 0 bridgehead atoms. The third-order valence-corrected chi connectivity index (χ3v) is 3.28. The monoisotopic (exact) mass is 289 g/mol. The molecule has 0 aliphatic heterocycles. The molecule has 3 N–H and O–H groups in total. The molecule has 0 spiro atoms. The van der Waals surface area contributed by atoms with Crippen LogP contribution in [0.1, 0.15) is 33.1 Å². The second kappa shape index (κ2) is 5.85. The van der Waals surface area contributed by atoms with E-state index in [9.17, 15) is 4.79 Å². The Bertz CT molecular complexity index is 640. The molecular formula is C16H23N3O2. The molecule has 0 saturated heterocycles. The molecular weight excluding hydrogens is 266 g/mol. The van der Waals surface area contributed by atoms with Gasteiger partial charge in [-0.25, -0.2) is 4.98 Å². The number of rotatable bonds is 4. The smallest absolute Gasteiger partial charge is 0.228 e. The Kier molecular flexibility index (Phi) is 4.32. The van der Waals surface area contributed by atoms with Crippen molar-refractivity contribution in [3.8, 4) is 0 Å². The lowest BCUT2D eigenvalue weighted by atomic mass is 9.84. The normalized spacial score (nSPS) is 13.4. The number of fused-ring (bicyclic) bond motifs is 1. The van der Waals surface area contributed by atoms with Gasteiger partial charge in [0.2, 0.25) is 5.91 Å². The van der Waals surface area contributed by atoms with Crippen molar-refractivity contribution in [1.29, 1.82) is 0 Å². The first kappa shape index (κ1) is 15.5. The first-order chi connectivity index (χ1) is 9.78. The van der Waals surface area contributed by atoms with Crippen molar-refractivity contribution < 1.29 is 9.21 Å². The summed E-state index contributed by atoms with van der Waals surface area (Å²) in [5, 5.41) is 2.92. The lowest BCUT2D eigenvalue weighted by Crippen LogP contribution is -2.32. The average molecular weight is 289 g/mol. The van der Waals surface area contributed by atoms with Gasteiger partial charge in [0.1, 0.15) is 5.52 Å². The van der Waals surface area contributed by atoms with Gasteiger partial charge in [-0.05, 0) is 30.0 Å². The molecule has 0 radical (unpaired) electrons. The fourth-order valence-electron chi connectivity index (χ4n) is 2.39. The highest BCUT2D eigenvalue weighted by Gasteiger charge is 2.23. The maximum atomic E-state index is 12.3. The summed E-state index contributed by atoms with van der Waals surface area (Å²) < 4.78 is 5.42. The lowest BCUT2D eigenvalue weighted by Gasteiger charge is -2.24. The van der Waals surface area contributed by atoms with Crippen LogP contribution in [0, 0.1) is 18.3 Å². The predicted molar refractivity (Wildman–Crippen MR) is 84.0 cm³/mol. The number of aromatic nitrogens is 1. The Balaban J connectivity index is 2.12. The zero-order chi connectivity index (χ0) is 15.6. The van der Waals surface area contributed by atoms with Crippen LogP contribution in [-0.4, -0.2) is 17.4 Å². The third kappa shape index (κ3) is 4.04. The maximum absolute atomic E-state index is 12.3. The molecule has 1 amide bonds. The molecule has 1 aromatic heterocycles. The second-order valence-corrected chi connectivity index (χ2v) is 6.60. The fraction of sp³-hybridized carbons (Fsp3) is 0.500. The van der Waals surface area contributed by atoms with Gasteiger partial charge in [-0.15, -0.1) is 0 Å². The van der Waals surface area contributed by atoms with Crippen LogP contribution in [0.5, 0.6) is 0 Å². The topological polar surface area (TPSA) is 81.2 Å². The quantitative estimate of drug-likeness (QED) is 0.906. The van der Waals surface area contributed by atoms with Crippen LogP contribution in [0.2, 0.25) is 0 Å². The molecule has 21 heavy (non-hydrogen) atoms. The summed E-state index contributed by atoms with van der Waals surface area (Å²) in [4.78, 5) is 16.6. The minimum Gasteiger partial charge on any atom is -0.441 e. The number of oxazole rings is 1. The van der Waals surface area contributed by atoms with Crippen molar-refractivity contribution in [3.63, 3.8) is 0 Å². The van der Waals surface area contributed by atoms with E-state index in [1.54, 1.807) is 6.92 Å². The van der Waals surface area contributed by atoms with E-state index in [2.05, 4.69) is 31.1 Å². The standard InChI is InChI=1S/C16H23N3O2/c1-10-18-13-7-12(5-6-14(13)21-10)19-15(20)11(9-17)8-16(2,3)4/h5-7,11H,8-9,17H2,1-4H3,(H,19,20). The summed E-state index contributed by atoms with van der Waals surface area (Å²) in [6, 6.07) is 5.44. The summed E-state index contributed by atoms with van der Waals surface area (Å²) >= 11 is 0. The molecule has 1 atom stereocenters. The number of aryl methyl sites for hydroxylation is 1. The SMILES string of the molecule is Cc1nc2cc(NC(=O)C(CN)CC(C)(C)C)ccc2o1. The Labute approximate surface area is 124 Å². The highest BCUT2D eigenvalue weighted by molar-refractivity contribution is 5.94. The largest absolute Gasteiger partial charge is 0.441 e. The van der Waals surface area contributed by atoms with Crippen molar-refractivity contribution in [2.24, 2.45) is 17.1 Å². The van der Waals surface area contributed by atoms with Crippen LogP contribution in [0.3, 0.4) is 0 Å². The molecule has 2 aromatic rings.